The van der Waals surface area contributed by atoms with Gasteiger partial charge in [-0.15, -0.1) is 11.3 Å². The predicted octanol–water partition coefficient (Wildman–Crippen LogP) is 2.05. The largest absolute Gasteiger partial charge is 0.364 e. The lowest BCUT2D eigenvalue weighted by Crippen LogP contribution is -2.35. The van der Waals surface area contributed by atoms with E-state index in [4.69, 9.17) is 10.5 Å². The van der Waals surface area contributed by atoms with Gasteiger partial charge < -0.3 is 15.8 Å². The van der Waals surface area contributed by atoms with Crippen LogP contribution in [0, 0.1) is 0 Å². The van der Waals surface area contributed by atoms with Crippen LogP contribution in [0.1, 0.15) is 29.1 Å². The monoisotopic (exact) mass is 345 g/mol. The number of nitrogens with two attached hydrogens (primary N) is 1. The molecule has 0 unspecified atom stereocenters. The Bertz CT molecular complexity index is 659. The van der Waals surface area contributed by atoms with Gasteiger partial charge in [0.2, 0.25) is 5.91 Å². The molecule has 1 aliphatic rings. The minimum absolute atomic E-state index is 0.0182. The molecule has 0 bridgehead atoms. The number of aromatic nitrogens is 1. The summed E-state index contributed by atoms with van der Waals surface area (Å²) in [5.41, 5.74) is 7.79. The van der Waals surface area contributed by atoms with Crippen molar-refractivity contribution >= 4 is 17.2 Å². The molecule has 1 saturated heterocycles. The molecule has 1 aromatic carbocycles. The number of nitrogens with one attached hydrogen (secondary N) is 1. The maximum absolute atomic E-state index is 12.1. The molecule has 5 nitrogen and oxygen atoms in total. The number of amides is 1. The summed E-state index contributed by atoms with van der Waals surface area (Å²) in [7, 11) is 0. The number of aryl methyl sites for hydroxylation is 2. The van der Waals surface area contributed by atoms with E-state index in [1.165, 1.54) is 5.56 Å². The predicted molar refractivity (Wildman–Crippen MR) is 94.8 cm³/mol. The SMILES string of the molecule is NC[C@H]1CC[C@@H](C(=O)NCc2csc(CCc3ccccc3)n2)O1. The maximum Gasteiger partial charge on any atom is 0.249 e. The molecule has 3 N–H and O–H groups in total. The molecule has 128 valence electrons. The second-order valence-corrected chi connectivity index (χ2v) is 6.94. The number of ether oxygens (including phenoxy) is 1. The van der Waals surface area contributed by atoms with E-state index >= 15 is 0 Å². The zero-order valence-electron chi connectivity index (χ0n) is 13.6. The molecule has 0 aliphatic carbocycles. The highest BCUT2D eigenvalue weighted by Gasteiger charge is 2.29. The fraction of sp³-hybridized carbons (Fsp3) is 0.444. The molecule has 6 heteroatoms. The average molecular weight is 345 g/mol. The van der Waals surface area contributed by atoms with Crippen LogP contribution in [-0.4, -0.2) is 29.6 Å². The van der Waals surface area contributed by atoms with E-state index in [0.717, 1.165) is 36.4 Å². The van der Waals surface area contributed by atoms with Gasteiger partial charge in [0.05, 0.1) is 23.4 Å². The zero-order chi connectivity index (χ0) is 16.8. The van der Waals surface area contributed by atoms with Crippen molar-refractivity contribution in [2.45, 2.75) is 44.4 Å². The van der Waals surface area contributed by atoms with Gasteiger partial charge in [0.15, 0.2) is 0 Å². The Hall–Kier alpha value is -1.76. The van der Waals surface area contributed by atoms with Crippen molar-refractivity contribution in [3.8, 4) is 0 Å². The first kappa shape index (κ1) is 17.1. The van der Waals surface area contributed by atoms with Crippen molar-refractivity contribution in [2.75, 3.05) is 6.54 Å². The van der Waals surface area contributed by atoms with E-state index in [2.05, 4.69) is 34.6 Å². The standard InChI is InChI=1S/C18H23N3O2S/c19-10-15-7-8-16(23-15)18(22)20-11-14-12-24-17(21-14)9-6-13-4-2-1-3-5-13/h1-5,12,15-16H,6-11,19H2,(H,20,22)/t15-,16+/m1/s1. The molecule has 2 heterocycles. The van der Waals surface area contributed by atoms with E-state index in [9.17, 15) is 4.79 Å². The van der Waals surface area contributed by atoms with Crippen molar-refractivity contribution in [1.82, 2.24) is 10.3 Å². The Kier molecular flexibility index (Phi) is 5.96. The minimum atomic E-state index is -0.366. The van der Waals surface area contributed by atoms with Gasteiger partial charge in [-0.25, -0.2) is 4.98 Å². The van der Waals surface area contributed by atoms with Crippen LogP contribution in [0.4, 0.5) is 0 Å². The fourth-order valence-corrected chi connectivity index (χ4v) is 3.60. The minimum Gasteiger partial charge on any atom is -0.364 e. The van der Waals surface area contributed by atoms with Gasteiger partial charge in [-0.05, 0) is 24.8 Å². The van der Waals surface area contributed by atoms with Crippen LogP contribution in [0.5, 0.6) is 0 Å². The van der Waals surface area contributed by atoms with Crippen molar-refractivity contribution in [2.24, 2.45) is 5.73 Å². The Morgan fingerprint density at radius 2 is 2.12 bits per heavy atom. The van der Waals surface area contributed by atoms with Gasteiger partial charge >= 0.3 is 0 Å². The van der Waals surface area contributed by atoms with E-state index < -0.39 is 0 Å². The lowest BCUT2D eigenvalue weighted by molar-refractivity contribution is -0.132. The molecule has 2 atom stereocenters. The number of hydrogen-bond donors (Lipinski definition) is 2. The molecule has 1 aliphatic heterocycles. The van der Waals surface area contributed by atoms with Gasteiger partial charge in [-0.1, -0.05) is 30.3 Å². The van der Waals surface area contributed by atoms with Crippen LogP contribution in [0.25, 0.3) is 0 Å². The summed E-state index contributed by atoms with van der Waals surface area (Å²) >= 11 is 1.65. The Morgan fingerprint density at radius 1 is 1.29 bits per heavy atom. The molecule has 1 amide bonds. The quantitative estimate of drug-likeness (QED) is 0.805. The van der Waals surface area contributed by atoms with Crippen molar-refractivity contribution in [1.29, 1.82) is 0 Å². The van der Waals surface area contributed by atoms with Crippen LogP contribution in [0.3, 0.4) is 0 Å². The number of rotatable bonds is 7. The number of thiazole rings is 1. The van der Waals surface area contributed by atoms with Gasteiger partial charge in [0, 0.05) is 18.3 Å². The van der Waals surface area contributed by atoms with E-state index in [1.807, 2.05) is 11.4 Å². The zero-order valence-corrected chi connectivity index (χ0v) is 14.4. The molecule has 0 spiro atoms. The van der Waals surface area contributed by atoms with Gasteiger partial charge in [0.1, 0.15) is 6.10 Å². The lowest BCUT2D eigenvalue weighted by Gasteiger charge is -2.11. The molecular weight excluding hydrogens is 322 g/mol. The number of hydrogen-bond acceptors (Lipinski definition) is 5. The number of benzene rings is 1. The lowest BCUT2D eigenvalue weighted by atomic mass is 10.1. The fourth-order valence-electron chi connectivity index (χ4n) is 2.80. The molecule has 24 heavy (non-hydrogen) atoms. The van der Waals surface area contributed by atoms with E-state index in [1.54, 1.807) is 11.3 Å². The van der Waals surface area contributed by atoms with Crippen LogP contribution in [0.2, 0.25) is 0 Å². The Balaban J connectivity index is 1.43. The average Bonchev–Trinajstić information content (AvgIpc) is 3.28. The second kappa shape index (κ2) is 8.37. The summed E-state index contributed by atoms with van der Waals surface area (Å²) in [5, 5.41) is 6.03. The molecule has 1 aromatic heterocycles. The van der Waals surface area contributed by atoms with Crippen LogP contribution in [-0.2, 0) is 28.9 Å². The van der Waals surface area contributed by atoms with Crippen LogP contribution < -0.4 is 11.1 Å². The highest BCUT2D eigenvalue weighted by molar-refractivity contribution is 7.09. The van der Waals surface area contributed by atoms with Crippen LogP contribution in [0.15, 0.2) is 35.7 Å². The Labute approximate surface area is 146 Å². The summed E-state index contributed by atoms with van der Waals surface area (Å²) in [6.45, 7) is 0.925. The number of carbonyl (C=O) groups excluding carboxylic acids is 1. The summed E-state index contributed by atoms with van der Waals surface area (Å²) in [5.74, 6) is -0.0650. The summed E-state index contributed by atoms with van der Waals surface area (Å²) in [6.07, 6.45) is 3.16. The van der Waals surface area contributed by atoms with E-state index in [0.29, 0.717) is 13.1 Å². The van der Waals surface area contributed by atoms with Gasteiger partial charge in [-0.3, -0.25) is 4.79 Å². The van der Waals surface area contributed by atoms with Gasteiger partial charge in [-0.2, -0.15) is 0 Å². The highest BCUT2D eigenvalue weighted by Crippen LogP contribution is 2.19. The third kappa shape index (κ3) is 4.63. The maximum atomic E-state index is 12.1. The van der Waals surface area contributed by atoms with Crippen molar-refractivity contribution in [3.63, 3.8) is 0 Å². The first-order valence-electron chi connectivity index (χ1n) is 8.35. The summed E-state index contributed by atoms with van der Waals surface area (Å²) < 4.78 is 5.60. The summed E-state index contributed by atoms with van der Waals surface area (Å²) in [4.78, 5) is 16.7. The normalized spacial score (nSPS) is 20.2. The summed E-state index contributed by atoms with van der Waals surface area (Å²) in [6, 6.07) is 10.4. The first-order valence-corrected chi connectivity index (χ1v) is 9.23. The van der Waals surface area contributed by atoms with Crippen LogP contribution >= 0.6 is 11.3 Å². The topological polar surface area (TPSA) is 77.2 Å². The van der Waals surface area contributed by atoms with E-state index in [-0.39, 0.29) is 18.1 Å². The molecule has 2 aromatic rings. The number of carbonyl (C=O) groups is 1. The van der Waals surface area contributed by atoms with Gasteiger partial charge in [0.25, 0.3) is 0 Å². The smallest absolute Gasteiger partial charge is 0.249 e. The number of nitrogens with zero attached hydrogens (tertiary/aromatic N) is 1. The molecular formula is C18H23N3O2S. The molecule has 0 saturated carbocycles. The van der Waals surface area contributed by atoms with Crippen molar-refractivity contribution < 1.29 is 9.53 Å². The molecule has 3 rings (SSSR count). The highest BCUT2D eigenvalue weighted by atomic mass is 32.1. The molecule has 1 fully saturated rings. The van der Waals surface area contributed by atoms with Crippen molar-refractivity contribution in [3.05, 3.63) is 52.0 Å². The molecule has 0 radical (unpaired) electrons. The first-order chi connectivity index (χ1) is 11.7. The third-order valence-corrected chi connectivity index (χ3v) is 5.13. The second-order valence-electron chi connectivity index (χ2n) is 6.00. The Morgan fingerprint density at radius 3 is 2.88 bits per heavy atom. The third-order valence-electron chi connectivity index (χ3n) is 4.18.